The molecule has 0 unspecified atom stereocenters. The number of aromatic nitrogens is 1. The Balaban J connectivity index is 1.27. The first-order chi connectivity index (χ1) is 20.6. The summed E-state index contributed by atoms with van der Waals surface area (Å²) in [6, 6.07) is 5.60. The van der Waals surface area contributed by atoms with E-state index >= 15 is 4.39 Å². The van der Waals surface area contributed by atoms with Crippen LogP contribution in [-0.2, 0) is 31.6 Å². The first-order valence-electron chi connectivity index (χ1n) is 15.1. The fourth-order valence-corrected chi connectivity index (χ4v) is 6.25. The molecule has 8 nitrogen and oxygen atoms in total. The Labute approximate surface area is 254 Å². The van der Waals surface area contributed by atoms with Gasteiger partial charge in [0.05, 0.1) is 23.5 Å². The molecule has 3 aliphatic heterocycles. The highest BCUT2D eigenvalue weighted by atomic mass is 19.4. The van der Waals surface area contributed by atoms with Crippen molar-refractivity contribution in [2.24, 2.45) is 4.99 Å². The monoisotopic (exact) mass is 616 g/mol. The first kappa shape index (κ1) is 31.0. The second-order valence-electron chi connectivity index (χ2n) is 13.2. The molecule has 1 spiro atoms. The molecule has 1 N–H and O–H groups in total. The van der Waals surface area contributed by atoms with Crippen LogP contribution in [0.2, 0.25) is 0 Å². The molecule has 6 rings (SSSR count). The average molecular weight is 616 g/mol. The highest BCUT2D eigenvalue weighted by Gasteiger charge is 2.52. The van der Waals surface area contributed by atoms with Gasteiger partial charge in [-0.1, -0.05) is 6.42 Å². The fraction of sp³-hybridized carbons (Fsp3) is 0.581. The molecule has 1 amide bonds. The van der Waals surface area contributed by atoms with E-state index in [-0.39, 0.29) is 24.3 Å². The topological polar surface area (TPSA) is 85.3 Å². The van der Waals surface area contributed by atoms with Crippen LogP contribution in [0.15, 0.2) is 29.3 Å². The van der Waals surface area contributed by atoms with Crippen LogP contribution in [0.5, 0.6) is 0 Å². The van der Waals surface area contributed by atoms with E-state index in [1.54, 1.807) is 0 Å². The van der Waals surface area contributed by atoms with Gasteiger partial charge in [0.25, 0.3) is 5.91 Å². The Hall–Kier alpha value is -3.03. The molecular formula is C31H37BF4N4O4. The van der Waals surface area contributed by atoms with Crippen LogP contribution < -0.4 is 15.7 Å². The molecule has 4 heterocycles. The van der Waals surface area contributed by atoms with Gasteiger partial charge < -0.3 is 24.3 Å². The standard InChI is InChI=1S/C31H37BF4N4O4/c1-28(2)29(3,4)44-32(43-28)19-15-22(33)21(17-42-5)23(16-19)40-13-11-30(12-14-40)27(41)38-26(39-30)20-9-10-24(31(34,35)36)37-25(20)18-7-6-8-18/h9-10,15-16,18H,6-8,11-14,17H2,1-5H3,(H,38,39,41). The zero-order chi connectivity index (χ0) is 31.7. The van der Waals surface area contributed by atoms with Gasteiger partial charge in [0.1, 0.15) is 22.9 Å². The number of piperidine rings is 1. The van der Waals surface area contributed by atoms with Gasteiger partial charge in [-0.2, -0.15) is 13.2 Å². The van der Waals surface area contributed by atoms with Crippen molar-refractivity contribution in [3.05, 3.63) is 52.6 Å². The predicted octanol–water partition coefficient (Wildman–Crippen LogP) is 4.87. The molecule has 1 aliphatic carbocycles. The van der Waals surface area contributed by atoms with Crippen LogP contribution in [0.3, 0.4) is 0 Å². The van der Waals surface area contributed by atoms with Crippen LogP contribution >= 0.6 is 0 Å². The lowest BCUT2D eigenvalue weighted by molar-refractivity contribution is -0.141. The van der Waals surface area contributed by atoms with Crippen molar-refractivity contribution in [1.29, 1.82) is 0 Å². The number of alkyl halides is 3. The van der Waals surface area contributed by atoms with E-state index in [1.807, 2.05) is 38.7 Å². The highest BCUT2D eigenvalue weighted by molar-refractivity contribution is 6.62. The third-order valence-corrected chi connectivity index (χ3v) is 9.88. The minimum Gasteiger partial charge on any atom is -0.399 e. The molecule has 1 saturated carbocycles. The van der Waals surface area contributed by atoms with E-state index in [0.29, 0.717) is 53.9 Å². The fourth-order valence-electron chi connectivity index (χ4n) is 6.25. The van der Waals surface area contributed by atoms with Gasteiger partial charge in [0.2, 0.25) is 0 Å². The summed E-state index contributed by atoms with van der Waals surface area (Å²) in [5.74, 6) is -0.566. The maximum Gasteiger partial charge on any atom is 0.495 e. The summed E-state index contributed by atoms with van der Waals surface area (Å²) in [5, 5.41) is 2.85. The lowest BCUT2D eigenvalue weighted by atomic mass is 9.78. The second-order valence-corrected chi connectivity index (χ2v) is 13.2. The Morgan fingerprint density at radius 3 is 2.32 bits per heavy atom. The van der Waals surface area contributed by atoms with Crippen molar-refractivity contribution in [1.82, 2.24) is 10.3 Å². The number of carbonyl (C=O) groups is 1. The number of halogens is 4. The number of hydrogen-bond acceptors (Lipinski definition) is 7. The van der Waals surface area contributed by atoms with Crippen molar-refractivity contribution in [3.8, 4) is 0 Å². The number of amidine groups is 1. The number of pyridine rings is 1. The Morgan fingerprint density at radius 2 is 1.75 bits per heavy atom. The van der Waals surface area contributed by atoms with Gasteiger partial charge in [-0.25, -0.2) is 9.37 Å². The zero-order valence-electron chi connectivity index (χ0n) is 25.6. The number of methoxy groups -OCH3 is 1. The molecule has 236 valence electrons. The van der Waals surface area contributed by atoms with E-state index < -0.39 is 41.5 Å². The lowest BCUT2D eigenvalue weighted by Crippen LogP contribution is -2.49. The Kier molecular flexibility index (Phi) is 7.61. The Morgan fingerprint density at radius 1 is 1.09 bits per heavy atom. The number of nitrogens with zero attached hydrogens (tertiary/aromatic N) is 3. The number of anilines is 1. The number of carbonyl (C=O) groups excluding carboxylic acids is 1. The van der Waals surface area contributed by atoms with E-state index in [9.17, 15) is 18.0 Å². The lowest BCUT2D eigenvalue weighted by Gasteiger charge is -2.38. The van der Waals surface area contributed by atoms with Gasteiger partial charge in [-0.15, -0.1) is 0 Å². The molecular weight excluding hydrogens is 579 g/mol. The van der Waals surface area contributed by atoms with Gasteiger partial charge >= 0.3 is 13.3 Å². The molecule has 3 fully saturated rings. The normalized spacial score (nSPS) is 22.8. The summed E-state index contributed by atoms with van der Waals surface area (Å²) in [5.41, 5.74) is -0.861. The maximum atomic E-state index is 15.5. The summed E-state index contributed by atoms with van der Waals surface area (Å²) < 4.78 is 73.6. The molecule has 44 heavy (non-hydrogen) atoms. The molecule has 2 aromatic rings. The third kappa shape index (κ3) is 5.30. The minimum absolute atomic E-state index is 0.0557. The maximum absolute atomic E-state index is 15.5. The average Bonchev–Trinajstić information content (AvgIpc) is 3.34. The van der Waals surface area contributed by atoms with E-state index in [0.717, 1.165) is 25.3 Å². The summed E-state index contributed by atoms with van der Waals surface area (Å²) >= 11 is 0. The molecule has 2 saturated heterocycles. The molecule has 13 heteroatoms. The molecule has 0 atom stereocenters. The van der Waals surface area contributed by atoms with Crippen molar-refractivity contribution in [2.75, 3.05) is 25.1 Å². The molecule has 1 aromatic carbocycles. The zero-order valence-corrected chi connectivity index (χ0v) is 25.6. The van der Waals surface area contributed by atoms with Crippen molar-refractivity contribution >= 4 is 30.0 Å². The quantitative estimate of drug-likeness (QED) is 0.369. The number of hydrogen-bond donors (Lipinski definition) is 1. The van der Waals surface area contributed by atoms with Gasteiger partial charge in [0.15, 0.2) is 0 Å². The van der Waals surface area contributed by atoms with Crippen LogP contribution in [0.4, 0.5) is 23.2 Å². The Bertz CT molecular complexity index is 1480. The third-order valence-electron chi connectivity index (χ3n) is 9.88. The van der Waals surface area contributed by atoms with Gasteiger partial charge in [0, 0.05) is 42.9 Å². The van der Waals surface area contributed by atoms with Gasteiger partial charge in [-0.3, -0.25) is 9.79 Å². The number of rotatable bonds is 6. The number of nitrogens with one attached hydrogen (secondary N) is 1. The summed E-state index contributed by atoms with van der Waals surface area (Å²) in [6.07, 6.45) is -1.48. The minimum atomic E-state index is -4.56. The number of benzene rings is 1. The molecule has 1 aromatic heterocycles. The summed E-state index contributed by atoms with van der Waals surface area (Å²) in [4.78, 5) is 24.2. The van der Waals surface area contributed by atoms with Crippen molar-refractivity contribution in [2.45, 2.75) is 95.2 Å². The van der Waals surface area contributed by atoms with E-state index in [1.165, 1.54) is 19.2 Å². The first-order valence-corrected chi connectivity index (χ1v) is 15.1. The van der Waals surface area contributed by atoms with Crippen molar-refractivity contribution < 1.29 is 36.4 Å². The number of aliphatic imine (C=N–C) groups is 1. The molecule has 0 bridgehead atoms. The van der Waals surface area contributed by atoms with Crippen molar-refractivity contribution in [3.63, 3.8) is 0 Å². The van der Waals surface area contributed by atoms with Crippen LogP contribution in [0.1, 0.15) is 88.2 Å². The number of ether oxygens (including phenoxy) is 1. The molecule has 0 radical (unpaired) electrons. The van der Waals surface area contributed by atoms with E-state index in [2.05, 4.69) is 10.3 Å². The second kappa shape index (κ2) is 10.8. The van der Waals surface area contributed by atoms with Gasteiger partial charge in [-0.05, 0) is 83.1 Å². The van der Waals surface area contributed by atoms with Crippen LogP contribution in [0.25, 0.3) is 0 Å². The largest absolute Gasteiger partial charge is 0.495 e. The smallest absolute Gasteiger partial charge is 0.399 e. The SMILES string of the molecule is COCc1c(F)cc(B2OC(C)(C)C(C)(C)O2)cc1N1CCC2(CC1)N=C(c1ccc(C(F)(F)F)nc1C1CCC1)NC2=O. The predicted molar refractivity (Wildman–Crippen MR) is 158 cm³/mol. The van der Waals surface area contributed by atoms with E-state index in [4.69, 9.17) is 19.0 Å². The highest BCUT2D eigenvalue weighted by Crippen LogP contribution is 2.41. The van der Waals surface area contributed by atoms with Crippen LogP contribution in [-0.4, -0.2) is 60.8 Å². The summed E-state index contributed by atoms with van der Waals surface area (Å²) in [6.45, 7) is 8.59. The molecule has 4 aliphatic rings. The van der Waals surface area contributed by atoms with Crippen LogP contribution in [0, 0.1) is 5.82 Å². The number of amides is 1. The summed E-state index contributed by atoms with van der Waals surface area (Å²) in [7, 11) is 0.750.